The van der Waals surface area contributed by atoms with Gasteiger partial charge in [-0.3, -0.25) is 4.79 Å². The molecule has 206 valence electrons. The number of hydrogen-bond acceptors (Lipinski definition) is 4. The van der Waals surface area contributed by atoms with E-state index in [4.69, 9.17) is 4.74 Å². The molecule has 0 aromatic heterocycles. The predicted octanol–water partition coefficient (Wildman–Crippen LogP) is 6.21. The van der Waals surface area contributed by atoms with Crippen LogP contribution in [0.3, 0.4) is 0 Å². The third-order valence-corrected chi connectivity index (χ3v) is 8.13. The number of nitrogens with zero attached hydrogens (tertiary/aromatic N) is 1. The highest BCUT2D eigenvalue weighted by Gasteiger charge is 2.58. The van der Waals surface area contributed by atoms with Gasteiger partial charge in [-0.1, -0.05) is 88.6 Å². The molecule has 0 spiro atoms. The summed E-state index contributed by atoms with van der Waals surface area (Å²) >= 11 is 0. The number of rotatable bonds is 8. The Morgan fingerprint density at radius 3 is 2.24 bits per heavy atom. The van der Waals surface area contributed by atoms with Crippen LogP contribution < -0.4 is 10.1 Å². The van der Waals surface area contributed by atoms with Crippen LogP contribution in [0.4, 0.5) is 0 Å². The number of nitrogens with one attached hydrogen (secondary N) is 1. The van der Waals surface area contributed by atoms with E-state index < -0.39 is 12.0 Å². The summed E-state index contributed by atoms with van der Waals surface area (Å²) in [4.78, 5) is 28.9. The van der Waals surface area contributed by atoms with Crippen molar-refractivity contribution in [3.05, 3.63) is 65.7 Å². The lowest BCUT2D eigenvalue weighted by Crippen LogP contribution is -2.49. The fourth-order valence-electron chi connectivity index (χ4n) is 6.53. The van der Waals surface area contributed by atoms with Crippen LogP contribution in [0.15, 0.2) is 54.6 Å². The molecule has 2 aliphatic rings. The maximum Gasteiger partial charge on any atom is 0.326 e. The second-order valence-corrected chi connectivity index (χ2v) is 12.3. The van der Waals surface area contributed by atoms with Gasteiger partial charge in [0.15, 0.2) is 0 Å². The van der Waals surface area contributed by atoms with E-state index in [2.05, 4.69) is 26.1 Å². The Labute approximate surface area is 227 Å². The second kappa shape index (κ2) is 11.9. The van der Waals surface area contributed by atoms with Crippen molar-refractivity contribution in [1.82, 2.24) is 10.2 Å². The van der Waals surface area contributed by atoms with E-state index in [0.29, 0.717) is 6.54 Å². The van der Waals surface area contributed by atoms with Crippen molar-refractivity contribution in [3.63, 3.8) is 0 Å². The molecule has 1 amide bonds. The van der Waals surface area contributed by atoms with Gasteiger partial charge in [-0.2, -0.15) is 0 Å². The Hall–Kier alpha value is -2.86. The lowest BCUT2D eigenvalue weighted by Gasteiger charge is -2.36. The number of ether oxygens (including phenoxy) is 1. The Kier molecular flexibility index (Phi) is 8.81. The van der Waals surface area contributed by atoms with Gasteiger partial charge in [-0.25, -0.2) is 4.79 Å². The van der Waals surface area contributed by atoms with Crippen LogP contribution in [0.1, 0.15) is 83.9 Å². The van der Waals surface area contributed by atoms with Crippen LogP contribution in [0.2, 0.25) is 0 Å². The SMILES string of the molecule is CC(C)Oc1ccccc1CN[C@@H]1[C@@H](C(C)(C)C)[C@H](C(=O)O)N(C(=O)C2CCCCC2)[C@@H]1c1ccccc1. The molecule has 2 N–H and O–H groups in total. The molecule has 0 radical (unpaired) electrons. The van der Waals surface area contributed by atoms with E-state index in [0.717, 1.165) is 49.0 Å². The molecule has 1 saturated heterocycles. The van der Waals surface area contributed by atoms with E-state index in [1.54, 1.807) is 4.90 Å². The molecule has 6 heteroatoms. The van der Waals surface area contributed by atoms with Crippen LogP contribution in [0, 0.1) is 17.3 Å². The summed E-state index contributed by atoms with van der Waals surface area (Å²) in [5.41, 5.74) is 1.63. The number of hydrogen-bond donors (Lipinski definition) is 2. The van der Waals surface area contributed by atoms with Gasteiger partial charge in [-0.15, -0.1) is 0 Å². The Morgan fingerprint density at radius 2 is 1.63 bits per heavy atom. The molecule has 38 heavy (non-hydrogen) atoms. The third-order valence-electron chi connectivity index (χ3n) is 8.13. The zero-order chi connectivity index (χ0) is 27.4. The van der Waals surface area contributed by atoms with Crippen molar-refractivity contribution in [3.8, 4) is 5.75 Å². The molecule has 1 aliphatic carbocycles. The average Bonchev–Trinajstić information content (AvgIpc) is 3.24. The molecule has 4 atom stereocenters. The molecule has 2 fully saturated rings. The van der Waals surface area contributed by atoms with Crippen LogP contribution in [0.25, 0.3) is 0 Å². The predicted molar refractivity (Wildman–Crippen MR) is 150 cm³/mol. The number of carboxylic acid groups (broad SMARTS) is 1. The highest BCUT2D eigenvalue weighted by Crippen LogP contribution is 2.49. The van der Waals surface area contributed by atoms with E-state index >= 15 is 0 Å². The summed E-state index contributed by atoms with van der Waals surface area (Å²) in [6, 6.07) is 16.4. The first-order chi connectivity index (χ1) is 18.1. The third kappa shape index (κ3) is 6.06. The highest BCUT2D eigenvalue weighted by atomic mass is 16.5. The number of carbonyl (C=O) groups excluding carboxylic acids is 1. The van der Waals surface area contributed by atoms with Gasteiger partial charge in [0, 0.05) is 30.0 Å². The van der Waals surface area contributed by atoms with Gasteiger partial charge in [0.25, 0.3) is 0 Å². The minimum atomic E-state index is -0.928. The van der Waals surface area contributed by atoms with Gasteiger partial charge in [0.1, 0.15) is 11.8 Å². The van der Waals surface area contributed by atoms with Gasteiger partial charge in [-0.05, 0) is 43.7 Å². The Balaban J connectivity index is 1.78. The maximum atomic E-state index is 14.2. The fraction of sp³-hybridized carbons (Fsp3) is 0.562. The fourth-order valence-corrected chi connectivity index (χ4v) is 6.53. The van der Waals surface area contributed by atoms with Gasteiger partial charge in [0.2, 0.25) is 5.91 Å². The first kappa shape index (κ1) is 28.2. The lowest BCUT2D eigenvalue weighted by molar-refractivity contribution is -0.154. The first-order valence-electron chi connectivity index (χ1n) is 14.2. The van der Waals surface area contributed by atoms with Gasteiger partial charge < -0.3 is 20.1 Å². The van der Waals surface area contributed by atoms with E-state index in [9.17, 15) is 14.7 Å². The molecular weight excluding hydrogens is 476 g/mol. The summed E-state index contributed by atoms with van der Waals surface area (Å²) in [6.45, 7) is 10.8. The first-order valence-corrected chi connectivity index (χ1v) is 14.2. The zero-order valence-electron chi connectivity index (χ0n) is 23.5. The van der Waals surface area contributed by atoms with Crippen molar-refractivity contribution in [2.75, 3.05) is 0 Å². The van der Waals surface area contributed by atoms with Crippen molar-refractivity contribution < 1.29 is 19.4 Å². The van der Waals surface area contributed by atoms with E-state index in [1.807, 2.05) is 68.4 Å². The number of carboxylic acids is 1. The van der Waals surface area contributed by atoms with Crippen LogP contribution in [0.5, 0.6) is 5.75 Å². The summed E-state index contributed by atoms with van der Waals surface area (Å²) in [5.74, 6) is -0.523. The van der Waals surface area contributed by atoms with Crippen molar-refractivity contribution in [2.45, 2.75) is 97.5 Å². The number of para-hydroxylation sites is 1. The van der Waals surface area contributed by atoms with Gasteiger partial charge in [0.05, 0.1) is 12.1 Å². The van der Waals surface area contributed by atoms with Gasteiger partial charge >= 0.3 is 5.97 Å². The van der Waals surface area contributed by atoms with E-state index in [1.165, 1.54) is 0 Å². The standard InChI is InChI=1S/C32H44N2O4/c1-21(2)38-25-19-13-12-18-24(25)20-33-27-26(32(3,4)5)29(31(36)37)34(28(27)22-14-8-6-9-15-22)30(35)23-16-10-7-11-17-23/h6,8-9,12-15,18-19,21,23,26-29,33H,7,10-11,16-17,20H2,1-5H3,(H,36,37)/t26-,27-,28-,29-/m1/s1. The number of amides is 1. The summed E-state index contributed by atoms with van der Waals surface area (Å²) < 4.78 is 6.07. The largest absolute Gasteiger partial charge is 0.491 e. The quantitative estimate of drug-likeness (QED) is 0.433. The summed E-state index contributed by atoms with van der Waals surface area (Å²) in [6.07, 6.45) is 4.90. The molecule has 2 aromatic rings. The van der Waals surface area contributed by atoms with Crippen LogP contribution in [-0.2, 0) is 16.1 Å². The summed E-state index contributed by atoms with van der Waals surface area (Å²) in [5, 5.41) is 14.4. The Morgan fingerprint density at radius 1 is 1.00 bits per heavy atom. The number of likely N-dealkylation sites (tertiary alicyclic amines) is 1. The lowest BCUT2D eigenvalue weighted by atomic mass is 9.72. The minimum Gasteiger partial charge on any atom is -0.491 e. The number of carbonyl (C=O) groups is 2. The zero-order valence-corrected chi connectivity index (χ0v) is 23.5. The van der Waals surface area contributed by atoms with Crippen LogP contribution >= 0.6 is 0 Å². The highest BCUT2D eigenvalue weighted by molar-refractivity contribution is 5.87. The molecular formula is C32H44N2O4. The topological polar surface area (TPSA) is 78.9 Å². The summed E-state index contributed by atoms with van der Waals surface area (Å²) in [7, 11) is 0. The maximum absolute atomic E-state index is 14.2. The van der Waals surface area contributed by atoms with Crippen molar-refractivity contribution in [2.24, 2.45) is 17.3 Å². The van der Waals surface area contributed by atoms with Crippen molar-refractivity contribution >= 4 is 11.9 Å². The van der Waals surface area contributed by atoms with E-state index in [-0.39, 0.29) is 41.3 Å². The smallest absolute Gasteiger partial charge is 0.326 e. The monoisotopic (exact) mass is 520 g/mol. The molecule has 0 bridgehead atoms. The van der Waals surface area contributed by atoms with Crippen molar-refractivity contribution in [1.29, 1.82) is 0 Å². The number of aliphatic carboxylic acids is 1. The minimum absolute atomic E-state index is 0.00644. The Bertz CT molecular complexity index is 1090. The average molecular weight is 521 g/mol. The molecule has 1 saturated carbocycles. The molecule has 4 rings (SSSR count). The molecule has 1 aliphatic heterocycles. The molecule has 1 heterocycles. The normalized spacial score (nSPS) is 24.5. The molecule has 0 unspecified atom stereocenters. The second-order valence-electron chi connectivity index (χ2n) is 12.3. The number of benzene rings is 2. The molecule has 6 nitrogen and oxygen atoms in total. The molecule has 2 aromatic carbocycles. The van der Waals surface area contributed by atoms with Crippen LogP contribution in [-0.4, -0.2) is 40.1 Å².